The number of benzene rings is 1. The van der Waals surface area contributed by atoms with Crippen LogP contribution in [0.4, 0.5) is 0 Å². The maximum atomic E-state index is 12.6. The van der Waals surface area contributed by atoms with Crippen molar-refractivity contribution in [2.24, 2.45) is 0 Å². The topological polar surface area (TPSA) is 73.8 Å². The number of hydrogen-bond donors (Lipinski definition) is 0. The summed E-state index contributed by atoms with van der Waals surface area (Å²) in [5, 5.41) is 0.872. The summed E-state index contributed by atoms with van der Waals surface area (Å²) in [4.78, 5) is 25.9. The normalized spacial score (nSPS) is 11.3. The summed E-state index contributed by atoms with van der Waals surface area (Å²) in [5.41, 5.74) is 4.93. The van der Waals surface area contributed by atoms with Crippen LogP contribution in [-0.4, -0.2) is 19.5 Å². The van der Waals surface area contributed by atoms with Crippen molar-refractivity contribution in [3.05, 3.63) is 83.2 Å². The molecule has 0 aliphatic rings. The fraction of sp³-hybridized carbons (Fsp3) is 0.0476. The van der Waals surface area contributed by atoms with Gasteiger partial charge in [-0.2, -0.15) is 0 Å². The van der Waals surface area contributed by atoms with Gasteiger partial charge in [0.05, 0.1) is 34.3 Å². The highest BCUT2D eigenvalue weighted by atomic mass is 16.4. The van der Waals surface area contributed by atoms with Crippen molar-refractivity contribution in [3.8, 4) is 17.1 Å². The first kappa shape index (κ1) is 15.5. The number of rotatable bonds is 2. The van der Waals surface area contributed by atoms with Gasteiger partial charge < -0.3 is 4.42 Å². The van der Waals surface area contributed by atoms with E-state index in [0.29, 0.717) is 16.8 Å². The van der Waals surface area contributed by atoms with Gasteiger partial charge in [-0.25, -0.2) is 9.36 Å². The van der Waals surface area contributed by atoms with Gasteiger partial charge in [0.2, 0.25) is 0 Å². The second kappa shape index (κ2) is 5.88. The Labute approximate surface area is 153 Å². The number of aromatic nitrogens is 4. The molecule has 4 aromatic heterocycles. The van der Waals surface area contributed by atoms with Crippen LogP contribution in [0, 0.1) is 6.92 Å². The number of para-hydroxylation sites is 1. The minimum Gasteiger partial charge on any atom is -0.406 e. The Bertz CT molecular complexity index is 1360. The third kappa shape index (κ3) is 2.50. The molecule has 5 rings (SSSR count). The van der Waals surface area contributed by atoms with E-state index in [2.05, 4.69) is 15.0 Å². The third-order valence-electron chi connectivity index (χ3n) is 4.49. The number of aryl methyl sites for hydroxylation is 1. The maximum absolute atomic E-state index is 12.6. The quantitative estimate of drug-likeness (QED) is 0.481. The van der Waals surface area contributed by atoms with E-state index in [4.69, 9.17) is 4.42 Å². The van der Waals surface area contributed by atoms with Crippen molar-refractivity contribution in [1.29, 1.82) is 0 Å². The van der Waals surface area contributed by atoms with E-state index in [1.807, 2.05) is 61.5 Å². The molecule has 0 spiro atoms. The van der Waals surface area contributed by atoms with E-state index < -0.39 is 5.76 Å². The number of oxazole rings is 1. The van der Waals surface area contributed by atoms with Gasteiger partial charge in [0, 0.05) is 17.3 Å². The Morgan fingerprint density at radius 3 is 2.74 bits per heavy atom. The molecule has 0 unspecified atom stereocenters. The Kier molecular flexibility index (Phi) is 3.36. The predicted molar refractivity (Wildman–Crippen MR) is 103 cm³/mol. The van der Waals surface area contributed by atoms with Crippen molar-refractivity contribution < 1.29 is 4.42 Å². The van der Waals surface area contributed by atoms with Crippen LogP contribution in [0.25, 0.3) is 39.1 Å². The van der Waals surface area contributed by atoms with Crippen molar-refractivity contribution in [2.75, 3.05) is 0 Å². The van der Waals surface area contributed by atoms with Gasteiger partial charge in [0.1, 0.15) is 0 Å². The molecule has 6 nitrogen and oxygen atoms in total. The van der Waals surface area contributed by atoms with Gasteiger partial charge in [-0.15, -0.1) is 0 Å². The number of hydrogen-bond acceptors (Lipinski definition) is 5. The lowest BCUT2D eigenvalue weighted by molar-refractivity contribution is 0.540. The first-order chi connectivity index (χ1) is 13.2. The molecule has 4 heterocycles. The molecule has 0 fully saturated rings. The molecule has 0 radical (unpaired) electrons. The van der Waals surface area contributed by atoms with Crippen LogP contribution in [-0.2, 0) is 0 Å². The van der Waals surface area contributed by atoms with Gasteiger partial charge in [-0.1, -0.05) is 24.3 Å². The highest BCUT2D eigenvalue weighted by Gasteiger charge is 2.15. The van der Waals surface area contributed by atoms with Crippen molar-refractivity contribution in [3.63, 3.8) is 0 Å². The summed E-state index contributed by atoms with van der Waals surface area (Å²) >= 11 is 0. The summed E-state index contributed by atoms with van der Waals surface area (Å²) < 4.78 is 6.98. The lowest BCUT2D eigenvalue weighted by atomic mass is 10.2. The first-order valence-electron chi connectivity index (χ1n) is 8.50. The highest BCUT2D eigenvalue weighted by molar-refractivity contribution is 5.89. The van der Waals surface area contributed by atoms with Gasteiger partial charge in [-0.05, 0) is 37.3 Å². The minimum absolute atomic E-state index is 0.428. The Morgan fingerprint density at radius 2 is 1.85 bits per heavy atom. The summed E-state index contributed by atoms with van der Waals surface area (Å²) in [6, 6.07) is 17.1. The SMILES string of the molecule is Cc1cccc(-c2cc3c(cn2)oc(=O)n3-c2ccnc3ccccc23)n1. The summed E-state index contributed by atoms with van der Waals surface area (Å²) in [6.07, 6.45) is 3.25. The van der Waals surface area contributed by atoms with Crippen molar-refractivity contribution in [2.45, 2.75) is 6.92 Å². The molecule has 27 heavy (non-hydrogen) atoms. The molecule has 0 aliphatic carbocycles. The minimum atomic E-state index is -0.461. The zero-order chi connectivity index (χ0) is 18.4. The molecule has 0 atom stereocenters. The first-order valence-corrected chi connectivity index (χ1v) is 8.50. The summed E-state index contributed by atoms with van der Waals surface area (Å²) in [5.74, 6) is -0.461. The molecule has 1 aromatic carbocycles. The Balaban J connectivity index is 1.81. The van der Waals surface area contributed by atoms with Gasteiger partial charge in [-0.3, -0.25) is 15.0 Å². The molecule has 0 saturated heterocycles. The zero-order valence-corrected chi connectivity index (χ0v) is 14.5. The van der Waals surface area contributed by atoms with Gasteiger partial charge >= 0.3 is 5.76 Å². The number of pyridine rings is 3. The van der Waals surface area contributed by atoms with E-state index in [-0.39, 0.29) is 0 Å². The van der Waals surface area contributed by atoms with Crippen LogP contribution in [0.1, 0.15) is 5.69 Å². The molecule has 0 N–H and O–H groups in total. The molecule has 0 aliphatic heterocycles. The molecular formula is C21H14N4O2. The van der Waals surface area contributed by atoms with Gasteiger partial charge in [0.15, 0.2) is 5.58 Å². The molecular weight excluding hydrogens is 340 g/mol. The third-order valence-corrected chi connectivity index (χ3v) is 4.49. The maximum Gasteiger partial charge on any atom is 0.424 e. The largest absolute Gasteiger partial charge is 0.424 e. The van der Waals surface area contributed by atoms with Gasteiger partial charge in [0.25, 0.3) is 0 Å². The lowest BCUT2D eigenvalue weighted by Crippen LogP contribution is -2.12. The molecule has 5 aromatic rings. The zero-order valence-electron chi connectivity index (χ0n) is 14.5. The van der Waals surface area contributed by atoms with Crippen molar-refractivity contribution >= 4 is 22.0 Å². The predicted octanol–water partition coefficient (Wildman–Crippen LogP) is 3.90. The lowest BCUT2D eigenvalue weighted by Gasteiger charge is -2.07. The van der Waals surface area contributed by atoms with Crippen LogP contribution in [0.2, 0.25) is 0 Å². The molecule has 0 saturated carbocycles. The van der Waals surface area contributed by atoms with Crippen molar-refractivity contribution in [1.82, 2.24) is 19.5 Å². The Morgan fingerprint density at radius 1 is 0.963 bits per heavy atom. The van der Waals surface area contributed by atoms with Crippen LogP contribution in [0.15, 0.2) is 76.2 Å². The second-order valence-electron chi connectivity index (χ2n) is 6.25. The molecule has 130 valence electrons. The van der Waals surface area contributed by atoms with E-state index >= 15 is 0 Å². The van der Waals surface area contributed by atoms with Crippen LogP contribution in [0.3, 0.4) is 0 Å². The summed E-state index contributed by atoms with van der Waals surface area (Å²) in [6.45, 7) is 1.93. The van der Waals surface area contributed by atoms with E-state index in [9.17, 15) is 4.79 Å². The number of fused-ring (bicyclic) bond motifs is 2. The monoisotopic (exact) mass is 354 g/mol. The van der Waals surface area contributed by atoms with E-state index in [1.165, 1.54) is 0 Å². The van der Waals surface area contributed by atoms with Crippen LogP contribution >= 0.6 is 0 Å². The average Bonchev–Trinajstić information content (AvgIpc) is 3.02. The smallest absolute Gasteiger partial charge is 0.406 e. The fourth-order valence-corrected chi connectivity index (χ4v) is 3.25. The van der Waals surface area contributed by atoms with Crippen LogP contribution in [0.5, 0.6) is 0 Å². The second-order valence-corrected chi connectivity index (χ2v) is 6.25. The number of nitrogens with zero attached hydrogens (tertiary/aromatic N) is 4. The fourth-order valence-electron chi connectivity index (χ4n) is 3.25. The molecule has 0 amide bonds. The summed E-state index contributed by atoms with van der Waals surface area (Å²) in [7, 11) is 0. The van der Waals surface area contributed by atoms with E-state index in [1.54, 1.807) is 17.0 Å². The average molecular weight is 354 g/mol. The molecule has 6 heteroatoms. The van der Waals surface area contributed by atoms with Crippen LogP contribution < -0.4 is 5.76 Å². The van der Waals surface area contributed by atoms with E-state index in [0.717, 1.165) is 28.0 Å². The highest BCUT2D eigenvalue weighted by Crippen LogP contribution is 2.25. The Hall–Kier alpha value is -3.80. The molecule has 0 bridgehead atoms. The standard InChI is InChI=1S/C21H14N4O2/c1-13-5-4-8-16(24-13)17-11-19-20(12-23-17)27-21(26)25(19)18-9-10-22-15-7-3-2-6-14(15)18/h2-12H,1H3.